The topological polar surface area (TPSA) is 76.2 Å². The van der Waals surface area contributed by atoms with Gasteiger partial charge in [-0.15, -0.1) is 10.2 Å². The summed E-state index contributed by atoms with van der Waals surface area (Å²) in [5.74, 6) is -0.669. The molecule has 0 aliphatic rings. The summed E-state index contributed by atoms with van der Waals surface area (Å²) >= 11 is 0. The Kier molecular flexibility index (Phi) is 3.70. The van der Waals surface area contributed by atoms with E-state index in [9.17, 15) is 9.90 Å². The number of carbonyl (C=O) groups is 1. The fraction of sp³-hybridized carbons (Fsp3) is 0.267. The fourth-order valence-corrected chi connectivity index (χ4v) is 1.57. The molecule has 1 heterocycles. The van der Waals surface area contributed by atoms with E-state index in [0.29, 0.717) is 5.89 Å². The van der Waals surface area contributed by atoms with Gasteiger partial charge in [0, 0.05) is 5.41 Å². The van der Waals surface area contributed by atoms with Gasteiger partial charge in [-0.1, -0.05) is 51.1 Å². The molecule has 20 heavy (non-hydrogen) atoms. The summed E-state index contributed by atoms with van der Waals surface area (Å²) in [6.45, 7) is 5.77. The molecule has 2 aromatic rings. The highest BCUT2D eigenvalue weighted by molar-refractivity contribution is 6.19. The number of carboxylic acids is 1. The molecule has 5 nitrogen and oxygen atoms in total. The van der Waals surface area contributed by atoms with Crippen LogP contribution in [-0.2, 0) is 10.2 Å². The summed E-state index contributed by atoms with van der Waals surface area (Å²) in [4.78, 5) is 11.4. The first-order chi connectivity index (χ1) is 9.38. The Hall–Kier alpha value is -2.43. The van der Waals surface area contributed by atoms with Gasteiger partial charge in [-0.2, -0.15) is 0 Å². The SMILES string of the molecule is CC(C)(C)c1nnc(/C(=C/c2ccccc2)C(=O)O)o1. The van der Waals surface area contributed by atoms with Crippen LogP contribution in [-0.4, -0.2) is 21.3 Å². The zero-order valence-corrected chi connectivity index (χ0v) is 11.6. The van der Waals surface area contributed by atoms with E-state index >= 15 is 0 Å². The predicted molar refractivity (Wildman–Crippen MR) is 74.9 cm³/mol. The Morgan fingerprint density at radius 1 is 1.20 bits per heavy atom. The molecule has 0 fully saturated rings. The number of nitrogens with zero attached hydrogens (tertiary/aromatic N) is 2. The molecular weight excluding hydrogens is 256 g/mol. The molecule has 0 unspecified atom stereocenters. The Labute approximate surface area is 117 Å². The smallest absolute Gasteiger partial charge is 0.341 e. The molecule has 0 radical (unpaired) electrons. The third-order valence-corrected chi connectivity index (χ3v) is 2.64. The molecule has 5 heteroatoms. The molecule has 1 aromatic heterocycles. The first-order valence-corrected chi connectivity index (χ1v) is 6.22. The van der Waals surface area contributed by atoms with Crippen LogP contribution in [0.5, 0.6) is 0 Å². The molecule has 0 bridgehead atoms. The average Bonchev–Trinajstić information content (AvgIpc) is 2.86. The van der Waals surface area contributed by atoms with E-state index in [1.165, 1.54) is 6.08 Å². The monoisotopic (exact) mass is 272 g/mol. The number of hydrogen-bond acceptors (Lipinski definition) is 4. The molecule has 0 saturated heterocycles. The molecule has 0 amide bonds. The van der Waals surface area contributed by atoms with E-state index in [0.717, 1.165) is 5.56 Å². The molecule has 1 aromatic carbocycles. The van der Waals surface area contributed by atoms with Crippen molar-refractivity contribution in [1.82, 2.24) is 10.2 Å². The normalized spacial score (nSPS) is 12.4. The molecule has 0 saturated carbocycles. The third-order valence-electron chi connectivity index (χ3n) is 2.64. The highest BCUT2D eigenvalue weighted by Crippen LogP contribution is 2.24. The van der Waals surface area contributed by atoms with Gasteiger partial charge in [0.1, 0.15) is 5.57 Å². The van der Waals surface area contributed by atoms with Crippen molar-refractivity contribution in [1.29, 1.82) is 0 Å². The van der Waals surface area contributed by atoms with Crippen LogP contribution in [0.25, 0.3) is 11.6 Å². The second kappa shape index (κ2) is 5.28. The first kappa shape index (κ1) is 14.0. The molecule has 2 rings (SSSR count). The van der Waals surface area contributed by atoms with Crippen LogP contribution in [0.2, 0.25) is 0 Å². The van der Waals surface area contributed by atoms with Crippen LogP contribution in [0.1, 0.15) is 38.1 Å². The molecule has 0 aliphatic heterocycles. The van der Waals surface area contributed by atoms with E-state index in [1.54, 1.807) is 0 Å². The van der Waals surface area contributed by atoms with E-state index in [4.69, 9.17) is 4.42 Å². The average molecular weight is 272 g/mol. The van der Waals surface area contributed by atoms with Crippen molar-refractivity contribution in [2.75, 3.05) is 0 Å². The summed E-state index contributed by atoms with van der Waals surface area (Å²) in [5, 5.41) is 17.1. The van der Waals surface area contributed by atoms with E-state index in [1.807, 2.05) is 51.1 Å². The van der Waals surface area contributed by atoms with Crippen LogP contribution in [0.4, 0.5) is 0 Å². The van der Waals surface area contributed by atoms with Crippen molar-refractivity contribution in [3.63, 3.8) is 0 Å². The Morgan fingerprint density at radius 3 is 2.35 bits per heavy atom. The molecular formula is C15H16N2O3. The van der Waals surface area contributed by atoms with Crippen molar-refractivity contribution >= 4 is 17.6 Å². The summed E-state index contributed by atoms with van der Waals surface area (Å²) in [6.07, 6.45) is 1.52. The van der Waals surface area contributed by atoms with Gasteiger partial charge in [0.25, 0.3) is 5.89 Å². The highest BCUT2D eigenvalue weighted by Gasteiger charge is 2.24. The van der Waals surface area contributed by atoms with Gasteiger partial charge in [0.2, 0.25) is 5.89 Å². The van der Waals surface area contributed by atoms with Gasteiger partial charge in [0.15, 0.2) is 0 Å². The van der Waals surface area contributed by atoms with Gasteiger partial charge in [0.05, 0.1) is 0 Å². The maximum Gasteiger partial charge on any atom is 0.341 e. The van der Waals surface area contributed by atoms with Crippen molar-refractivity contribution in [3.05, 3.63) is 47.7 Å². The van der Waals surface area contributed by atoms with E-state index in [2.05, 4.69) is 10.2 Å². The lowest BCUT2D eigenvalue weighted by Gasteiger charge is -2.10. The fourth-order valence-electron chi connectivity index (χ4n) is 1.57. The third kappa shape index (κ3) is 3.12. The van der Waals surface area contributed by atoms with Gasteiger partial charge >= 0.3 is 5.97 Å². The number of hydrogen-bond donors (Lipinski definition) is 1. The molecule has 0 spiro atoms. The minimum atomic E-state index is -1.10. The van der Waals surface area contributed by atoms with Crippen molar-refractivity contribution in [2.45, 2.75) is 26.2 Å². The number of rotatable bonds is 3. The zero-order valence-electron chi connectivity index (χ0n) is 11.6. The first-order valence-electron chi connectivity index (χ1n) is 6.22. The van der Waals surface area contributed by atoms with Gasteiger partial charge < -0.3 is 9.52 Å². The largest absolute Gasteiger partial charge is 0.477 e. The Morgan fingerprint density at radius 2 is 1.85 bits per heavy atom. The number of carboxylic acid groups (broad SMARTS) is 1. The lowest BCUT2D eigenvalue weighted by Crippen LogP contribution is -2.11. The minimum absolute atomic E-state index is 0.0146. The highest BCUT2D eigenvalue weighted by atomic mass is 16.4. The zero-order chi connectivity index (χ0) is 14.8. The molecule has 1 N–H and O–H groups in total. The number of benzene rings is 1. The maximum absolute atomic E-state index is 11.4. The maximum atomic E-state index is 11.4. The van der Waals surface area contributed by atoms with Gasteiger partial charge in [-0.3, -0.25) is 0 Å². The van der Waals surface area contributed by atoms with Gasteiger partial charge in [-0.25, -0.2) is 4.79 Å². The number of aliphatic carboxylic acids is 1. The molecule has 0 aliphatic carbocycles. The minimum Gasteiger partial charge on any atom is -0.477 e. The second-order valence-electron chi connectivity index (χ2n) is 5.44. The van der Waals surface area contributed by atoms with Gasteiger partial charge in [-0.05, 0) is 11.6 Å². The standard InChI is InChI=1S/C15H16N2O3/c1-15(2,3)14-17-16-12(20-14)11(13(18)19)9-10-7-5-4-6-8-10/h4-9H,1-3H3,(H,18,19)/b11-9-. The quantitative estimate of drug-likeness (QED) is 0.869. The Bertz CT molecular complexity index is 637. The van der Waals surface area contributed by atoms with Crippen LogP contribution in [0, 0.1) is 0 Å². The predicted octanol–water partition coefficient (Wildman–Crippen LogP) is 2.99. The Balaban J connectivity index is 2.42. The number of aromatic nitrogens is 2. The van der Waals surface area contributed by atoms with Crippen molar-refractivity contribution in [2.24, 2.45) is 0 Å². The van der Waals surface area contributed by atoms with Crippen LogP contribution < -0.4 is 0 Å². The van der Waals surface area contributed by atoms with Crippen LogP contribution >= 0.6 is 0 Å². The van der Waals surface area contributed by atoms with E-state index < -0.39 is 5.97 Å². The van der Waals surface area contributed by atoms with E-state index in [-0.39, 0.29) is 16.9 Å². The molecule has 0 atom stereocenters. The summed E-state index contributed by atoms with van der Waals surface area (Å²) in [7, 11) is 0. The summed E-state index contributed by atoms with van der Waals surface area (Å²) < 4.78 is 5.47. The van der Waals surface area contributed by atoms with Crippen molar-refractivity contribution < 1.29 is 14.3 Å². The summed E-state index contributed by atoms with van der Waals surface area (Å²) in [6, 6.07) is 9.15. The van der Waals surface area contributed by atoms with Crippen molar-refractivity contribution in [3.8, 4) is 0 Å². The summed E-state index contributed by atoms with van der Waals surface area (Å²) in [5.41, 5.74) is 0.432. The molecule has 104 valence electrons. The lowest BCUT2D eigenvalue weighted by atomic mass is 9.97. The van der Waals surface area contributed by atoms with Crippen LogP contribution in [0.15, 0.2) is 34.7 Å². The second-order valence-corrected chi connectivity index (χ2v) is 5.44. The lowest BCUT2D eigenvalue weighted by molar-refractivity contribution is -0.130. The van der Waals surface area contributed by atoms with Crippen LogP contribution in [0.3, 0.4) is 0 Å².